The highest BCUT2D eigenvalue weighted by molar-refractivity contribution is 6.20. The van der Waals surface area contributed by atoms with E-state index in [4.69, 9.17) is 26.7 Å². The van der Waals surface area contributed by atoms with Gasteiger partial charge in [-0.25, -0.2) is 0 Å². The Morgan fingerprint density at radius 1 is 0.887 bits per heavy atom. The van der Waals surface area contributed by atoms with Crippen LogP contribution in [0.15, 0.2) is 29.3 Å². The lowest BCUT2D eigenvalue weighted by atomic mass is 9.82. The number of aliphatic imine (C=N–C) groups is 1. The summed E-state index contributed by atoms with van der Waals surface area (Å²) in [6.07, 6.45) is 11.4. The molecule has 1 aliphatic carbocycles. The van der Waals surface area contributed by atoms with Crippen LogP contribution >= 0.6 is 11.6 Å². The van der Waals surface area contributed by atoms with E-state index in [0.29, 0.717) is 12.5 Å². The van der Waals surface area contributed by atoms with Crippen molar-refractivity contribution in [3.05, 3.63) is 63.2 Å². The monoisotopic (exact) mass is 749 g/mol. The van der Waals surface area contributed by atoms with Crippen LogP contribution < -0.4 is 4.74 Å². The molecule has 0 bridgehead atoms. The predicted molar refractivity (Wildman–Crippen MR) is 228 cm³/mol. The van der Waals surface area contributed by atoms with Gasteiger partial charge in [0.2, 0.25) is 0 Å². The first-order chi connectivity index (χ1) is 25.1. The molecule has 1 N–H and O–H groups in total. The van der Waals surface area contributed by atoms with E-state index in [2.05, 4.69) is 120 Å². The maximum Gasteiger partial charge on any atom is 0.176 e. The zero-order valence-corrected chi connectivity index (χ0v) is 35.9. The number of benzene rings is 2. The molecule has 7 nitrogen and oxygen atoms in total. The molecule has 1 aliphatic heterocycles. The first-order valence-corrected chi connectivity index (χ1v) is 21.0. The van der Waals surface area contributed by atoms with Crippen molar-refractivity contribution in [3.63, 3.8) is 0 Å². The van der Waals surface area contributed by atoms with Gasteiger partial charge in [-0.2, -0.15) is 0 Å². The average molecular weight is 750 g/mol. The number of nitrogens with zero attached hydrogens (tertiary/aromatic N) is 5. The zero-order valence-electron chi connectivity index (χ0n) is 35.2. The Kier molecular flexibility index (Phi) is 16.4. The average Bonchev–Trinajstić information content (AvgIpc) is 3.11. The van der Waals surface area contributed by atoms with Crippen molar-refractivity contribution in [2.24, 2.45) is 4.99 Å². The molecule has 2 fully saturated rings. The second-order valence-corrected chi connectivity index (χ2v) is 18.4. The minimum Gasteiger partial charge on any atom is -0.473 e. The first kappa shape index (κ1) is 43.4. The van der Waals surface area contributed by atoms with Crippen LogP contribution in [0.2, 0.25) is 0 Å². The quantitative estimate of drug-likeness (QED) is 0.129. The van der Waals surface area contributed by atoms with E-state index in [0.717, 1.165) is 88.7 Å². The van der Waals surface area contributed by atoms with Crippen LogP contribution in [0.25, 0.3) is 0 Å². The number of likely N-dealkylation sites (N-methyl/N-ethyl adjacent to an activating group) is 2. The van der Waals surface area contributed by atoms with Gasteiger partial charge in [0.15, 0.2) is 5.56 Å². The molecule has 0 spiro atoms. The van der Waals surface area contributed by atoms with Gasteiger partial charge >= 0.3 is 0 Å². The molecule has 4 rings (SSSR count). The Balaban J connectivity index is 1.77. The molecule has 0 radical (unpaired) electrons. The van der Waals surface area contributed by atoms with Crippen LogP contribution in [0.5, 0.6) is 5.75 Å². The summed E-state index contributed by atoms with van der Waals surface area (Å²) in [6, 6.07) is 9.61. The minimum absolute atomic E-state index is 0.0125. The fourth-order valence-electron chi connectivity index (χ4n) is 7.50. The summed E-state index contributed by atoms with van der Waals surface area (Å²) in [6.45, 7) is 28.0. The summed E-state index contributed by atoms with van der Waals surface area (Å²) < 4.78 is 6.86. The van der Waals surface area contributed by atoms with Crippen molar-refractivity contribution in [1.29, 1.82) is 5.41 Å². The molecule has 2 aromatic carbocycles. The van der Waals surface area contributed by atoms with Gasteiger partial charge in [0.1, 0.15) is 5.75 Å². The third-order valence-electron chi connectivity index (χ3n) is 11.3. The molecule has 0 amide bonds. The number of alkyl halides is 1. The molecule has 8 heteroatoms. The van der Waals surface area contributed by atoms with Crippen molar-refractivity contribution in [2.45, 2.75) is 136 Å². The summed E-state index contributed by atoms with van der Waals surface area (Å²) in [5.41, 5.74) is 7.48. The third-order valence-corrected chi connectivity index (χ3v) is 11.6. The van der Waals surface area contributed by atoms with E-state index in [-0.39, 0.29) is 10.8 Å². The summed E-state index contributed by atoms with van der Waals surface area (Å²) in [7, 11) is 4.40. The van der Waals surface area contributed by atoms with Crippen LogP contribution in [-0.2, 0) is 30.3 Å². The van der Waals surface area contributed by atoms with Crippen LogP contribution in [0.3, 0.4) is 0 Å². The molecule has 2 aromatic rings. The Hall–Kier alpha value is -2.29. The Morgan fingerprint density at radius 3 is 2.09 bits per heavy atom. The van der Waals surface area contributed by atoms with E-state index in [1.165, 1.54) is 66.1 Å². The molecule has 1 saturated carbocycles. The fourth-order valence-corrected chi connectivity index (χ4v) is 7.74. The maximum absolute atomic E-state index is 8.50. The lowest BCUT2D eigenvalue weighted by Gasteiger charge is -2.33. The number of rotatable bonds is 17. The van der Waals surface area contributed by atoms with Gasteiger partial charge in [-0.15, -0.1) is 0 Å². The maximum atomic E-state index is 8.50. The van der Waals surface area contributed by atoms with Crippen molar-refractivity contribution in [2.75, 3.05) is 66.5 Å². The lowest BCUT2D eigenvalue weighted by molar-refractivity contribution is 0.146. The highest BCUT2D eigenvalue weighted by Gasteiger charge is 2.26. The van der Waals surface area contributed by atoms with Gasteiger partial charge in [-0.1, -0.05) is 98.4 Å². The van der Waals surface area contributed by atoms with Crippen LogP contribution in [0, 0.1) is 5.41 Å². The first-order valence-electron chi connectivity index (χ1n) is 20.6. The normalized spacial score (nSPS) is 17.7. The molecule has 1 saturated heterocycles. The highest BCUT2D eigenvalue weighted by atomic mass is 35.5. The number of piperazine rings is 1. The minimum atomic E-state index is -0.618. The Morgan fingerprint density at radius 2 is 1.51 bits per heavy atom. The molecule has 296 valence electrons. The van der Waals surface area contributed by atoms with Crippen LogP contribution in [-0.4, -0.2) is 110 Å². The van der Waals surface area contributed by atoms with Gasteiger partial charge in [0.25, 0.3) is 0 Å². The Labute approximate surface area is 329 Å². The summed E-state index contributed by atoms with van der Waals surface area (Å²) in [5.74, 6) is 0.743. The number of hydrogen-bond acceptors (Lipinski definition) is 7. The van der Waals surface area contributed by atoms with Gasteiger partial charge in [0, 0.05) is 88.4 Å². The van der Waals surface area contributed by atoms with Crippen molar-refractivity contribution >= 4 is 24.0 Å². The molecule has 1 heterocycles. The molecular weight excluding hydrogens is 676 g/mol. The third kappa shape index (κ3) is 13.2. The van der Waals surface area contributed by atoms with Crippen LogP contribution in [0.4, 0.5) is 0 Å². The predicted octanol–water partition coefficient (Wildman–Crippen LogP) is 9.13. The topological polar surface area (TPSA) is 58.4 Å². The second-order valence-electron chi connectivity index (χ2n) is 18.0. The zero-order chi connectivity index (χ0) is 38.8. The van der Waals surface area contributed by atoms with Gasteiger partial charge in [-0.3, -0.25) is 14.8 Å². The van der Waals surface area contributed by atoms with Gasteiger partial charge in [-0.05, 0) is 97.2 Å². The van der Waals surface area contributed by atoms with Crippen molar-refractivity contribution < 1.29 is 4.74 Å². The number of hydrogen-bond donors (Lipinski definition) is 1. The van der Waals surface area contributed by atoms with E-state index >= 15 is 0 Å². The summed E-state index contributed by atoms with van der Waals surface area (Å²) in [4.78, 5) is 15.1. The molecule has 53 heavy (non-hydrogen) atoms. The van der Waals surface area contributed by atoms with E-state index < -0.39 is 5.56 Å². The van der Waals surface area contributed by atoms with Crippen molar-refractivity contribution in [1.82, 2.24) is 19.6 Å². The van der Waals surface area contributed by atoms with Crippen molar-refractivity contribution in [3.8, 4) is 5.75 Å². The smallest absolute Gasteiger partial charge is 0.176 e. The number of ether oxygens (including phenoxy) is 1. The summed E-state index contributed by atoms with van der Waals surface area (Å²) in [5, 5.41) is 8.50. The van der Waals surface area contributed by atoms with E-state index in [1.54, 1.807) is 0 Å². The SMILES string of the molecule is CCCN(CCN(C)CC)Cc1cc(C(C)(C)C)cc(C=NC2CCCCC2)c1CC(Cl)Oc1c(C=N)cc(C(C)(C)C)cc1CN1CCN(C)CC1. The van der Waals surface area contributed by atoms with Gasteiger partial charge in [0.05, 0.1) is 0 Å². The molecule has 1 unspecified atom stereocenters. The van der Waals surface area contributed by atoms with E-state index in [1.807, 2.05) is 0 Å². The number of halogens is 1. The second kappa shape index (κ2) is 20.0. The van der Waals surface area contributed by atoms with E-state index in [9.17, 15) is 0 Å². The fraction of sp³-hybridized carbons (Fsp3) is 0.689. The molecular formula is C45H73ClN6O. The molecule has 1 atom stereocenters. The Bertz CT molecular complexity index is 1480. The van der Waals surface area contributed by atoms with Gasteiger partial charge < -0.3 is 19.9 Å². The standard InChI is InChI=1S/C45H73ClN6O/c1-11-18-51(22-19-49(9)12-2)32-36-27-39(45(6,7)8)26-35(31-48-40-16-14-13-15-17-40)41(36)29-42(46)53-43-34(30-47)25-38(44(3,4)5)28-37(43)33-52-23-20-50(10)21-24-52/h25-28,30-31,40,42,47H,11-24,29,32-33H2,1-10H3. The van der Waals surface area contributed by atoms with Crippen LogP contribution in [0.1, 0.15) is 133 Å². The summed E-state index contributed by atoms with van der Waals surface area (Å²) >= 11 is 7.40. The molecule has 0 aromatic heterocycles. The largest absolute Gasteiger partial charge is 0.473 e. The highest BCUT2D eigenvalue weighted by Crippen LogP contribution is 2.35. The lowest BCUT2D eigenvalue weighted by Crippen LogP contribution is -2.44. The molecule has 2 aliphatic rings. The number of nitrogens with one attached hydrogen (secondary N) is 1.